The number of carbonyl (C=O) groups is 1. The molecule has 2 rings (SSSR count). The molecule has 0 unspecified atom stereocenters. The van der Waals surface area contributed by atoms with Crippen LogP contribution in [0.15, 0.2) is 54.2 Å². The summed E-state index contributed by atoms with van der Waals surface area (Å²) >= 11 is 0. The topological polar surface area (TPSA) is 62.2 Å². The van der Waals surface area contributed by atoms with E-state index in [1.807, 2.05) is 42.5 Å². The number of aromatic nitrogens is 1. The molecule has 1 aromatic carbocycles. The van der Waals surface area contributed by atoms with Crippen LogP contribution in [0, 0.1) is 0 Å². The summed E-state index contributed by atoms with van der Waals surface area (Å²) < 4.78 is 0. The Morgan fingerprint density at radius 2 is 2.00 bits per heavy atom. The van der Waals surface area contributed by atoms with Gasteiger partial charge in [0.1, 0.15) is 5.82 Å². The molecule has 0 saturated carbocycles. The van der Waals surface area contributed by atoms with Crippen molar-refractivity contribution in [1.82, 2.24) is 4.98 Å². The summed E-state index contributed by atoms with van der Waals surface area (Å²) in [7, 11) is 1.79. The third-order valence-corrected chi connectivity index (χ3v) is 2.90. The Labute approximate surface area is 117 Å². The van der Waals surface area contributed by atoms with Crippen LogP contribution >= 0.6 is 0 Å². The maximum atomic E-state index is 11.3. The van der Waals surface area contributed by atoms with Crippen molar-refractivity contribution in [3.8, 4) is 0 Å². The highest BCUT2D eigenvalue weighted by Gasteiger charge is 2.08. The van der Waals surface area contributed by atoms with Crippen LogP contribution in [0.1, 0.15) is 11.1 Å². The maximum Gasteiger partial charge on any atom is 0.331 e. The molecule has 0 aliphatic carbocycles. The van der Waals surface area contributed by atoms with E-state index in [-0.39, 0.29) is 0 Å². The van der Waals surface area contributed by atoms with Gasteiger partial charge in [0, 0.05) is 25.2 Å². The highest BCUT2D eigenvalue weighted by molar-refractivity contribution is 5.92. The largest absolute Gasteiger partial charge is 0.478 e. The van der Waals surface area contributed by atoms with Gasteiger partial charge in [-0.2, -0.15) is 0 Å². The van der Waals surface area contributed by atoms with Crippen molar-refractivity contribution in [2.45, 2.75) is 6.42 Å². The first-order valence-corrected chi connectivity index (χ1v) is 6.30. The predicted molar refractivity (Wildman–Crippen MR) is 79.5 cm³/mol. The van der Waals surface area contributed by atoms with Crippen molar-refractivity contribution >= 4 is 17.9 Å². The van der Waals surface area contributed by atoms with Gasteiger partial charge in [0.25, 0.3) is 0 Å². The second kappa shape index (κ2) is 6.52. The first-order valence-electron chi connectivity index (χ1n) is 6.30. The van der Waals surface area contributed by atoms with Gasteiger partial charge >= 0.3 is 5.97 Å². The van der Waals surface area contributed by atoms with Gasteiger partial charge in [0.2, 0.25) is 0 Å². The van der Waals surface area contributed by atoms with E-state index in [2.05, 4.69) is 10.3 Å². The molecule has 0 amide bonds. The first kappa shape index (κ1) is 13.8. The number of carboxylic acids is 1. The number of pyridine rings is 1. The number of benzene rings is 1. The van der Waals surface area contributed by atoms with Crippen LogP contribution in [0.5, 0.6) is 0 Å². The van der Waals surface area contributed by atoms with E-state index in [4.69, 9.17) is 0 Å². The summed E-state index contributed by atoms with van der Waals surface area (Å²) in [5.74, 6) is -0.159. The zero-order valence-corrected chi connectivity index (χ0v) is 11.2. The number of rotatable bonds is 5. The summed E-state index contributed by atoms with van der Waals surface area (Å²) in [6.07, 6.45) is 3.70. The van der Waals surface area contributed by atoms with Crippen molar-refractivity contribution < 1.29 is 9.90 Å². The fourth-order valence-corrected chi connectivity index (χ4v) is 1.84. The van der Waals surface area contributed by atoms with E-state index >= 15 is 0 Å². The van der Waals surface area contributed by atoms with Gasteiger partial charge in [-0.15, -0.1) is 0 Å². The number of carboxylic acid groups (broad SMARTS) is 1. The molecule has 0 fully saturated rings. The molecule has 4 heteroatoms. The molecule has 20 heavy (non-hydrogen) atoms. The summed E-state index contributed by atoms with van der Waals surface area (Å²) in [5, 5.41) is 12.2. The van der Waals surface area contributed by atoms with Crippen LogP contribution in [0.3, 0.4) is 0 Å². The molecule has 0 aliphatic heterocycles. The van der Waals surface area contributed by atoms with Crippen LogP contribution in [0.2, 0.25) is 0 Å². The minimum Gasteiger partial charge on any atom is -0.478 e. The molecule has 0 radical (unpaired) electrons. The molecule has 2 aromatic rings. The number of hydrogen-bond donors (Lipinski definition) is 2. The Balaban J connectivity index is 2.23. The van der Waals surface area contributed by atoms with Crippen LogP contribution in [0.4, 0.5) is 5.82 Å². The Bertz CT molecular complexity index is 604. The van der Waals surface area contributed by atoms with Crippen molar-refractivity contribution in [2.24, 2.45) is 0 Å². The monoisotopic (exact) mass is 268 g/mol. The average Bonchev–Trinajstić information content (AvgIpc) is 2.48. The molecule has 0 aliphatic rings. The van der Waals surface area contributed by atoms with Gasteiger partial charge in [0.15, 0.2) is 0 Å². The molecule has 2 N–H and O–H groups in total. The van der Waals surface area contributed by atoms with Gasteiger partial charge in [-0.05, 0) is 29.3 Å². The summed E-state index contributed by atoms with van der Waals surface area (Å²) in [6.45, 7) is 0. The van der Waals surface area contributed by atoms with E-state index in [0.717, 1.165) is 16.9 Å². The quantitative estimate of drug-likeness (QED) is 0.818. The number of anilines is 1. The van der Waals surface area contributed by atoms with Crippen molar-refractivity contribution in [3.63, 3.8) is 0 Å². The Morgan fingerprint density at radius 1 is 1.25 bits per heavy atom. The van der Waals surface area contributed by atoms with Gasteiger partial charge in [-0.1, -0.05) is 30.3 Å². The normalized spacial score (nSPS) is 11.2. The average molecular weight is 268 g/mol. The van der Waals surface area contributed by atoms with Crippen molar-refractivity contribution in [2.75, 3.05) is 12.4 Å². The Morgan fingerprint density at radius 3 is 2.55 bits per heavy atom. The van der Waals surface area contributed by atoms with E-state index in [1.54, 1.807) is 19.3 Å². The number of nitrogens with zero attached hydrogens (tertiary/aromatic N) is 1. The number of hydrogen-bond acceptors (Lipinski definition) is 3. The van der Waals surface area contributed by atoms with Crippen molar-refractivity contribution in [1.29, 1.82) is 0 Å². The van der Waals surface area contributed by atoms with Gasteiger partial charge in [-0.25, -0.2) is 9.78 Å². The molecule has 1 aromatic heterocycles. The maximum absolute atomic E-state index is 11.3. The third kappa shape index (κ3) is 3.68. The molecule has 4 nitrogen and oxygen atoms in total. The standard InChI is InChI=1S/C16H16N2O2/c1-17-15-8-7-13(11-18-15)10-14(16(19)20)9-12-5-3-2-4-6-12/h2-8,10-11H,9H2,1H3,(H,17,18)(H,19,20)/b14-10+. The molecule has 0 saturated heterocycles. The lowest BCUT2D eigenvalue weighted by Gasteiger charge is -2.04. The lowest BCUT2D eigenvalue weighted by molar-refractivity contribution is -0.132. The van der Waals surface area contributed by atoms with Crippen molar-refractivity contribution in [3.05, 3.63) is 65.4 Å². The molecule has 0 atom stereocenters. The van der Waals surface area contributed by atoms with Crippen LogP contribution < -0.4 is 5.32 Å². The third-order valence-electron chi connectivity index (χ3n) is 2.90. The second-order valence-corrected chi connectivity index (χ2v) is 4.36. The highest BCUT2D eigenvalue weighted by atomic mass is 16.4. The number of aliphatic carboxylic acids is 1. The number of nitrogens with one attached hydrogen (secondary N) is 1. The Hall–Kier alpha value is -2.62. The highest BCUT2D eigenvalue weighted by Crippen LogP contribution is 2.13. The zero-order valence-electron chi connectivity index (χ0n) is 11.2. The minimum atomic E-state index is -0.911. The van der Waals surface area contributed by atoms with Gasteiger partial charge < -0.3 is 10.4 Å². The van der Waals surface area contributed by atoms with E-state index < -0.39 is 5.97 Å². The Kier molecular flexibility index (Phi) is 4.50. The van der Waals surface area contributed by atoms with E-state index in [9.17, 15) is 9.90 Å². The molecule has 0 spiro atoms. The van der Waals surface area contributed by atoms with Gasteiger partial charge in [0.05, 0.1) is 0 Å². The van der Waals surface area contributed by atoms with Crippen LogP contribution in [0.25, 0.3) is 6.08 Å². The minimum absolute atomic E-state index is 0.343. The molecule has 1 heterocycles. The smallest absolute Gasteiger partial charge is 0.331 e. The molecular weight excluding hydrogens is 252 g/mol. The predicted octanol–water partition coefficient (Wildman–Crippen LogP) is 2.83. The zero-order chi connectivity index (χ0) is 14.4. The van der Waals surface area contributed by atoms with Crippen LogP contribution in [-0.4, -0.2) is 23.1 Å². The lowest BCUT2D eigenvalue weighted by Crippen LogP contribution is -2.04. The molecule has 102 valence electrons. The SMILES string of the molecule is CNc1ccc(/C=C(\Cc2ccccc2)C(=O)O)cn1. The fourth-order valence-electron chi connectivity index (χ4n) is 1.84. The van der Waals surface area contributed by atoms with E-state index in [1.165, 1.54) is 0 Å². The molecular formula is C16H16N2O2. The summed E-state index contributed by atoms with van der Waals surface area (Å²) in [5.41, 5.74) is 2.09. The van der Waals surface area contributed by atoms with E-state index in [0.29, 0.717) is 12.0 Å². The molecule has 0 bridgehead atoms. The summed E-state index contributed by atoms with van der Waals surface area (Å²) in [4.78, 5) is 15.5. The van der Waals surface area contributed by atoms with Crippen LogP contribution in [-0.2, 0) is 11.2 Å². The van der Waals surface area contributed by atoms with Gasteiger partial charge in [-0.3, -0.25) is 0 Å². The lowest BCUT2D eigenvalue weighted by atomic mass is 10.0. The fraction of sp³-hybridized carbons (Fsp3) is 0.125. The first-order chi connectivity index (χ1) is 9.69. The second-order valence-electron chi connectivity index (χ2n) is 4.36. The summed E-state index contributed by atoms with van der Waals surface area (Å²) in [6, 6.07) is 13.2.